The van der Waals surface area contributed by atoms with Crippen molar-refractivity contribution in [3.05, 3.63) is 0 Å². The van der Waals surface area contributed by atoms with Crippen LogP contribution >= 0.6 is 0 Å². The van der Waals surface area contributed by atoms with Crippen LogP contribution in [-0.2, 0) is 19.6 Å². The van der Waals surface area contributed by atoms with E-state index >= 15 is 0 Å². The number of hydrogen-bond acceptors (Lipinski definition) is 4. The third kappa shape index (κ3) is 5.72. The lowest BCUT2D eigenvalue weighted by Gasteiger charge is -2.36. The van der Waals surface area contributed by atoms with Gasteiger partial charge in [0.1, 0.15) is 0 Å². The number of piperidine rings is 2. The summed E-state index contributed by atoms with van der Waals surface area (Å²) in [5.41, 5.74) is 0. The molecule has 2 heterocycles. The van der Waals surface area contributed by atoms with E-state index in [1.54, 1.807) is 0 Å². The molecule has 2 rings (SSSR count). The van der Waals surface area contributed by atoms with Crippen LogP contribution in [0.4, 0.5) is 0 Å². The lowest BCUT2D eigenvalue weighted by Crippen LogP contribution is -2.44. The maximum Gasteiger partial charge on any atom is 0.222 e. The summed E-state index contributed by atoms with van der Waals surface area (Å²) >= 11 is 0. The molecule has 2 aliphatic rings. The van der Waals surface area contributed by atoms with E-state index in [-0.39, 0.29) is 18.1 Å². The van der Waals surface area contributed by atoms with E-state index in [0.717, 1.165) is 51.6 Å². The van der Waals surface area contributed by atoms with Crippen molar-refractivity contribution in [2.24, 2.45) is 0 Å². The number of nitrogens with zero attached hydrogens (tertiary/aromatic N) is 2. The number of carbonyl (C=O) groups is 1. The number of likely N-dealkylation sites (tertiary alicyclic amines) is 1. The van der Waals surface area contributed by atoms with Crippen LogP contribution in [0.25, 0.3) is 0 Å². The van der Waals surface area contributed by atoms with Gasteiger partial charge in [0.25, 0.3) is 0 Å². The van der Waals surface area contributed by atoms with Crippen LogP contribution in [-0.4, -0.2) is 68.2 Å². The Morgan fingerprint density at radius 3 is 2.04 bits per heavy atom. The third-order valence-electron chi connectivity index (χ3n) is 4.79. The minimum absolute atomic E-state index is 0.153. The van der Waals surface area contributed by atoms with Crippen molar-refractivity contribution in [1.82, 2.24) is 9.21 Å². The van der Waals surface area contributed by atoms with Gasteiger partial charge in [-0.25, -0.2) is 12.7 Å². The molecule has 23 heavy (non-hydrogen) atoms. The minimum atomic E-state index is -3.07. The number of ether oxygens (including phenoxy) is 1. The van der Waals surface area contributed by atoms with Crippen molar-refractivity contribution >= 4 is 15.9 Å². The largest absolute Gasteiger partial charge is 0.375 e. The van der Waals surface area contributed by atoms with Crippen molar-refractivity contribution in [3.8, 4) is 0 Å². The van der Waals surface area contributed by atoms with Gasteiger partial charge in [0.15, 0.2) is 0 Å². The molecule has 0 unspecified atom stereocenters. The second-order valence-electron chi connectivity index (χ2n) is 6.68. The van der Waals surface area contributed by atoms with Crippen LogP contribution in [0, 0.1) is 0 Å². The van der Waals surface area contributed by atoms with E-state index in [9.17, 15) is 13.2 Å². The van der Waals surface area contributed by atoms with E-state index in [0.29, 0.717) is 19.5 Å². The molecule has 0 atom stereocenters. The molecule has 1 amide bonds. The zero-order chi connectivity index (χ0) is 16.9. The monoisotopic (exact) mass is 346 g/mol. The Morgan fingerprint density at radius 2 is 1.57 bits per heavy atom. The molecule has 2 fully saturated rings. The lowest BCUT2D eigenvalue weighted by atomic mass is 10.0. The summed E-state index contributed by atoms with van der Waals surface area (Å²) in [5.74, 6) is 0.270. The van der Waals surface area contributed by atoms with Crippen molar-refractivity contribution < 1.29 is 17.9 Å². The third-order valence-corrected chi connectivity index (χ3v) is 6.10. The molecule has 0 aromatic carbocycles. The van der Waals surface area contributed by atoms with Gasteiger partial charge in [0.2, 0.25) is 15.9 Å². The van der Waals surface area contributed by atoms with Crippen molar-refractivity contribution in [2.45, 2.75) is 64.1 Å². The molecule has 0 aliphatic carbocycles. The molecule has 7 heteroatoms. The molecular formula is C16H30N2O4S. The first-order chi connectivity index (χ1) is 10.9. The molecule has 0 spiro atoms. The first kappa shape index (κ1) is 18.7. The second kappa shape index (κ2) is 8.44. The standard InChI is InChI=1S/C16H30N2O4S/c1-3-4-5-16(19)17-10-6-14(7-11-17)22-15-8-12-18(13-9-15)23(2,20)21/h14-15H,3-13H2,1-2H3. The Kier molecular flexibility index (Phi) is 6.85. The van der Waals surface area contributed by atoms with Gasteiger partial charge in [0, 0.05) is 32.6 Å². The first-order valence-corrected chi connectivity index (χ1v) is 10.6. The topological polar surface area (TPSA) is 66.9 Å². The number of carbonyl (C=O) groups excluding carboxylic acids is 1. The quantitative estimate of drug-likeness (QED) is 0.733. The van der Waals surface area contributed by atoms with Gasteiger partial charge in [-0.3, -0.25) is 4.79 Å². The van der Waals surface area contributed by atoms with Gasteiger partial charge >= 0.3 is 0 Å². The average molecular weight is 346 g/mol. The van der Waals surface area contributed by atoms with E-state index in [2.05, 4.69) is 6.92 Å². The first-order valence-electron chi connectivity index (χ1n) is 8.78. The Morgan fingerprint density at radius 1 is 1.04 bits per heavy atom. The predicted molar refractivity (Wildman–Crippen MR) is 89.7 cm³/mol. The van der Waals surface area contributed by atoms with Crippen LogP contribution in [0.1, 0.15) is 51.9 Å². The molecule has 134 valence electrons. The van der Waals surface area contributed by atoms with Gasteiger partial charge in [-0.05, 0) is 32.1 Å². The van der Waals surface area contributed by atoms with Crippen LogP contribution < -0.4 is 0 Å². The van der Waals surface area contributed by atoms with E-state index in [1.807, 2.05) is 4.90 Å². The Balaban J connectivity index is 1.68. The molecule has 0 N–H and O–H groups in total. The summed E-state index contributed by atoms with van der Waals surface area (Å²) in [4.78, 5) is 14.0. The molecule has 0 aromatic rings. The Labute approximate surface area is 140 Å². The number of hydrogen-bond donors (Lipinski definition) is 0. The SMILES string of the molecule is CCCCC(=O)N1CCC(OC2CCN(S(C)(=O)=O)CC2)CC1. The number of sulfonamides is 1. The van der Waals surface area contributed by atoms with E-state index in [4.69, 9.17) is 4.74 Å². The molecule has 0 radical (unpaired) electrons. The Bertz CT molecular complexity index is 478. The summed E-state index contributed by atoms with van der Waals surface area (Å²) in [7, 11) is -3.07. The van der Waals surface area contributed by atoms with E-state index in [1.165, 1.54) is 10.6 Å². The summed E-state index contributed by atoms with van der Waals surface area (Å²) in [6.45, 7) is 4.78. The van der Waals surface area contributed by atoms with Gasteiger partial charge in [-0.1, -0.05) is 13.3 Å². The zero-order valence-electron chi connectivity index (χ0n) is 14.4. The highest BCUT2D eigenvalue weighted by Crippen LogP contribution is 2.22. The smallest absolute Gasteiger partial charge is 0.222 e. The summed E-state index contributed by atoms with van der Waals surface area (Å²) in [6, 6.07) is 0. The maximum atomic E-state index is 12.0. The molecule has 6 nitrogen and oxygen atoms in total. The van der Waals surface area contributed by atoms with Gasteiger partial charge < -0.3 is 9.64 Å². The summed E-state index contributed by atoms with van der Waals surface area (Å²) in [5, 5.41) is 0. The van der Waals surface area contributed by atoms with Crippen molar-refractivity contribution in [1.29, 1.82) is 0 Å². The fourth-order valence-electron chi connectivity index (χ4n) is 3.30. The fraction of sp³-hybridized carbons (Fsp3) is 0.938. The zero-order valence-corrected chi connectivity index (χ0v) is 15.2. The highest BCUT2D eigenvalue weighted by Gasteiger charge is 2.29. The van der Waals surface area contributed by atoms with Gasteiger partial charge in [0.05, 0.1) is 18.5 Å². The normalized spacial score (nSPS) is 22.4. The van der Waals surface area contributed by atoms with Crippen molar-refractivity contribution in [3.63, 3.8) is 0 Å². The summed E-state index contributed by atoms with van der Waals surface area (Å²) < 4.78 is 30.7. The molecule has 2 aliphatic heterocycles. The van der Waals surface area contributed by atoms with Gasteiger partial charge in [-0.2, -0.15) is 0 Å². The van der Waals surface area contributed by atoms with Crippen LogP contribution in [0.3, 0.4) is 0 Å². The number of amides is 1. The maximum absolute atomic E-state index is 12.0. The summed E-state index contributed by atoms with van der Waals surface area (Å²) in [6.07, 6.45) is 7.62. The number of rotatable bonds is 6. The number of unbranched alkanes of at least 4 members (excludes halogenated alkanes) is 1. The Hall–Kier alpha value is -0.660. The molecule has 0 aromatic heterocycles. The lowest BCUT2D eigenvalue weighted by molar-refractivity contribution is -0.135. The van der Waals surface area contributed by atoms with Crippen LogP contribution in [0.5, 0.6) is 0 Å². The minimum Gasteiger partial charge on any atom is -0.375 e. The molecule has 2 saturated heterocycles. The average Bonchev–Trinajstić information content (AvgIpc) is 2.53. The van der Waals surface area contributed by atoms with Gasteiger partial charge in [-0.15, -0.1) is 0 Å². The van der Waals surface area contributed by atoms with Crippen molar-refractivity contribution in [2.75, 3.05) is 32.4 Å². The highest BCUT2D eigenvalue weighted by atomic mass is 32.2. The van der Waals surface area contributed by atoms with E-state index < -0.39 is 10.0 Å². The predicted octanol–water partition coefficient (Wildman–Crippen LogP) is 1.61. The van der Waals surface area contributed by atoms with Crippen LogP contribution in [0.2, 0.25) is 0 Å². The molecule has 0 saturated carbocycles. The molecule has 0 bridgehead atoms. The highest BCUT2D eigenvalue weighted by molar-refractivity contribution is 7.88. The van der Waals surface area contributed by atoms with Crippen LogP contribution in [0.15, 0.2) is 0 Å². The second-order valence-corrected chi connectivity index (χ2v) is 8.66. The molecular weight excluding hydrogens is 316 g/mol. The fourth-order valence-corrected chi connectivity index (χ4v) is 4.17.